The van der Waals surface area contributed by atoms with Gasteiger partial charge in [0, 0.05) is 23.4 Å². The molecule has 5 nitrogen and oxygen atoms in total. The van der Waals surface area contributed by atoms with Gasteiger partial charge in [0.25, 0.3) is 0 Å². The molecule has 15 heavy (non-hydrogen) atoms. The van der Waals surface area contributed by atoms with Gasteiger partial charge in [0.2, 0.25) is 0 Å². The predicted molar refractivity (Wildman–Crippen MR) is 55.2 cm³/mol. The molecule has 0 unspecified atom stereocenters. The Labute approximate surface area is 88.1 Å². The quantitative estimate of drug-likeness (QED) is 0.713. The van der Waals surface area contributed by atoms with E-state index in [0.29, 0.717) is 5.69 Å². The summed E-state index contributed by atoms with van der Waals surface area (Å²) in [6.45, 7) is 6.44. The maximum Gasteiger partial charge on any atom is 0.154 e. The monoisotopic (exact) mass is 206 g/mol. The van der Waals surface area contributed by atoms with Crippen molar-refractivity contribution < 1.29 is 4.52 Å². The van der Waals surface area contributed by atoms with Crippen LogP contribution in [0.15, 0.2) is 16.9 Å². The predicted octanol–water partition coefficient (Wildman–Crippen LogP) is 1.77. The molecule has 0 aliphatic heterocycles. The van der Waals surface area contributed by atoms with Crippen LogP contribution in [0.25, 0.3) is 11.4 Å². The average molecular weight is 206 g/mol. The highest BCUT2D eigenvalue weighted by molar-refractivity contribution is 5.52. The topological polar surface area (TPSA) is 56.7 Å². The second-order valence-corrected chi connectivity index (χ2v) is 4.58. The third-order valence-electron chi connectivity index (χ3n) is 2.27. The van der Waals surface area contributed by atoms with Gasteiger partial charge in [-0.2, -0.15) is 5.10 Å². The third kappa shape index (κ3) is 1.77. The number of nitrogens with zero attached hydrogens (tertiary/aromatic N) is 4. The lowest BCUT2D eigenvalue weighted by Gasteiger charge is -2.17. The van der Waals surface area contributed by atoms with Crippen LogP contribution in [0.1, 0.15) is 26.5 Å². The van der Waals surface area contributed by atoms with Gasteiger partial charge in [0.05, 0.1) is 0 Å². The zero-order valence-electron chi connectivity index (χ0n) is 9.35. The molecule has 2 aromatic rings. The fraction of sp³-hybridized carbons (Fsp3) is 0.500. The van der Waals surface area contributed by atoms with Gasteiger partial charge in [0.1, 0.15) is 5.69 Å². The largest absolute Gasteiger partial charge is 0.345 e. The standard InChI is InChI=1S/C10H14N4O/c1-10(2,3)9-5-7(12-14(9)4)8-6-15-13-11-8/h5-6H,1-4H3. The lowest BCUT2D eigenvalue weighted by Crippen LogP contribution is -2.16. The van der Waals surface area contributed by atoms with Crippen molar-refractivity contribution in [2.24, 2.45) is 7.05 Å². The number of hydrogen-bond donors (Lipinski definition) is 0. The zero-order valence-corrected chi connectivity index (χ0v) is 9.35. The summed E-state index contributed by atoms with van der Waals surface area (Å²) in [6, 6.07) is 2.01. The van der Waals surface area contributed by atoms with Crippen LogP contribution >= 0.6 is 0 Å². The summed E-state index contributed by atoms with van der Waals surface area (Å²) in [5.41, 5.74) is 2.68. The fourth-order valence-electron chi connectivity index (χ4n) is 1.57. The van der Waals surface area contributed by atoms with Crippen LogP contribution in [0.4, 0.5) is 0 Å². The van der Waals surface area contributed by atoms with Crippen LogP contribution in [0.5, 0.6) is 0 Å². The second kappa shape index (κ2) is 3.18. The van der Waals surface area contributed by atoms with E-state index < -0.39 is 0 Å². The van der Waals surface area contributed by atoms with Gasteiger partial charge in [-0.15, -0.1) is 5.10 Å². The first-order chi connectivity index (χ1) is 6.98. The molecule has 0 fully saturated rings. The highest BCUT2D eigenvalue weighted by Gasteiger charge is 2.20. The molecule has 2 aromatic heterocycles. The molecule has 0 amide bonds. The summed E-state index contributed by atoms with van der Waals surface area (Å²) < 4.78 is 6.56. The Morgan fingerprint density at radius 2 is 2.00 bits per heavy atom. The minimum Gasteiger partial charge on any atom is -0.345 e. The van der Waals surface area contributed by atoms with Gasteiger partial charge in [-0.1, -0.05) is 20.8 Å². The Morgan fingerprint density at radius 3 is 2.47 bits per heavy atom. The van der Waals surface area contributed by atoms with E-state index in [0.717, 1.165) is 11.4 Å². The van der Waals surface area contributed by atoms with E-state index in [-0.39, 0.29) is 5.41 Å². The molecular formula is C10H14N4O. The fourth-order valence-corrected chi connectivity index (χ4v) is 1.57. The Hall–Kier alpha value is -1.65. The molecule has 0 aromatic carbocycles. The van der Waals surface area contributed by atoms with Gasteiger partial charge in [-0.3, -0.25) is 4.68 Å². The summed E-state index contributed by atoms with van der Waals surface area (Å²) in [4.78, 5) is 0. The molecule has 0 aliphatic rings. The highest BCUT2D eigenvalue weighted by Crippen LogP contribution is 2.25. The molecule has 0 bridgehead atoms. The van der Waals surface area contributed by atoms with Crippen molar-refractivity contribution in [2.45, 2.75) is 26.2 Å². The molecule has 2 heterocycles. The van der Waals surface area contributed by atoms with Crippen molar-refractivity contribution in [1.29, 1.82) is 0 Å². The van der Waals surface area contributed by atoms with Crippen LogP contribution in [0.3, 0.4) is 0 Å². The van der Waals surface area contributed by atoms with Crippen LogP contribution in [0.2, 0.25) is 0 Å². The molecule has 0 aliphatic carbocycles. The lowest BCUT2D eigenvalue weighted by molar-refractivity contribution is 0.393. The zero-order chi connectivity index (χ0) is 11.1. The average Bonchev–Trinajstić information content (AvgIpc) is 2.68. The summed E-state index contributed by atoms with van der Waals surface area (Å²) in [6.07, 6.45) is 1.49. The molecule has 0 N–H and O–H groups in total. The van der Waals surface area contributed by atoms with E-state index in [2.05, 4.69) is 36.2 Å². The highest BCUT2D eigenvalue weighted by atomic mass is 16.5. The number of rotatable bonds is 1. The minimum atomic E-state index is 0.0666. The van der Waals surface area contributed by atoms with E-state index in [1.54, 1.807) is 0 Å². The molecule has 0 saturated carbocycles. The van der Waals surface area contributed by atoms with E-state index in [9.17, 15) is 0 Å². The minimum absolute atomic E-state index is 0.0666. The number of aryl methyl sites for hydroxylation is 1. The van der Waals surface area contributed by atoms with E-state index >= 15 is 0 Å². The molecule has 0 spiro atoms. The second-order valence-electron chi connectivity index (χ2n) is 4.58. The van der Waals surface area contributed by atoms with Gasteiger partial charge in [-0.25, -0.2) is 0 Å². The first-order valence-corrected chi connectivity index (χ1v) is 4.80. The van der Waals surface area contributed by atoms with Gasteiger partial charge < -0.3 is 4.52 Å². The number of hydrogen-bond acceptors (Lipinski definition) is 4. The third-order valence-corrected chi connectivity index (χ3v) is 2.27. The van der Waals surface area contributed by atoms with Crippen LogP contribution in [-0.4, -0.2) is 20.2 Å². The van der Waals surface area contributed by atoms with Crippen LogP contribution in [-0.2, 0) is 12.5 Å². The van der Waals surface area contributed by atoms with Crippen molar-refractivity contribution in [3.05, 3.63) is 18.0 Å². The Morgan fingerprint density at radius 1 is 1.27 bits per heavy atom. The van der Waals surface area contributed by atoms with Crippen molar-refractivity contribution >= 4 is 0 Å². The van der Waals surface area contributed by atoms with Gasteiger partial charge in [0.15, 0.2) is 12.0 Å². The van der Waals surface area contributed by atoms with Crippen molar-refractivity contribution in [2.75, 3.05) is 0 Å². The van der Waals surface area contributed by atoms with Gasteiger partial charge in [-0.05, 0) is 6.07 Å². The Bertz CT molecular complexity index is 450. The molecule has 0 radical (unpaired) electrons. The molecular weight excluding hydrogens is 192 g/mol. The SMILES string of the molecule is Cn1nc(-c2conn2)cc1C(C)(C)C. The first-order valence-electron chi connectivity index (χ1n) is 4.80. The Kier molecular flexibility index (Phi) is 2.10. The molecule has 80 valence electrons. The maximum absolute atomic E-state index is 4.69. The van der Waals surface area contributed by atoms with Crippen molar-refractivity contribution in [1.82, 2.24) is 20.2 Å². The van der Waals surface area contributed by atoms with Crippen molar-refractivity contribution in [3.63, 3.8) is 0 Å². The Balaban J connectivity index is 2.47. The normalized spacial score (nSPS) is 12.0. The van der Waals surface area contributed by atoms with Crippen molar-refractivity contribution in [3.8, 4) is 11.4 Å². The van der Waals surface area contributed by atoms with Crippen LogP contribution in [0, 0.1) is 0 Å². The van der Waals surface area contributed by atoms with E-state index in [1.165, 1.54) is 6.26 Å². The molecule has 0 atom stereocenters. The summed E-state index contributed by atoms with van der Waals surface area (Å²) in [5, 5.41) is 11.6. The summed E-state index contributed by atoms with van der Waals surface area (Å²) >= 11 is 0. The smallest absolute Gasteiger partial charge is 0.154 e. The molecule has 5 heteroatoms. The van der Waals surface area contributed by atoms with Crippen LogP contribution < -0.4 is 0 Å². The summed E-state index contributed by atoms with van der Waals surface area (Å²) in [7, 11) is 1.93. The van der Waals surface area contributed by atoms with Gasteiger partial charge >= 0.3 is 0 Å². The maximum atomic E-state index is 4.69. The first kappa shape index (κ1) is 9.89. The molecule has 0 saturated heterocycles. The summed E-state index contributed by atoms with van der Waals surface area (Å²) in [5.74, 6) is 0. The number of aromatic nitrogens is 4. The molecule has 2 rings (SSSR count). The lowest BCUT2D eigenvalue weighted by atomic mass is 9.92. The van der Waals surface area contributed by atoms with E-state index in [4.69, 9.17) is 4.52 Å². The van der Waals surface area contributed by atoms with E-state index in [1.807, 2.05) is 17.8 Å².